The fraction of sp³-hybridized carbons (Fsp3) is 0.333. The molecule has 3 rings (SSSR count). The largest absolute Gasteiger partial charge is 0.324 e. The van der Waals surface area contributed by atoms with Crippen molar-refractivity contribution in [3.05, 3.63) is 47.3 Å². The van der Waals surface area contributed by atoms with Crippen LogP contribution in [-0.4, -0.2) is 9.97 Å². The predicted molar refractivity (Wildman–Crippen MR) is 72.3 cm³/mol. The van der Waals surface area contributed by atoms with Crippen LogP contribution in [0.4, 0.5) is 8.78 Å². The summed E-state index contributed by atoms with van der Waals surface area (Å²) in [5.41, 5.74) is 8.54. The minimum atomic E-state index is -2.49. The Balaban J connectivity index is 2.00. The van der Waals surface area contributed by atoms with Gasteiger partial charge in [-0.15, -0.1) is 0 Å². The van der Waals surface area contributed by atoms with Gasteiger partial charge in [-0.2, -0.15) is 0 Å². The summed E-state index contributed by atoms with van der Waals surface area (Å²) in [7, 11) is 0. The van der Waals surface area contributed by atoms with Crippen molar-refractivity contribution in [1.82, 2.24) is 9.97 Å². The Morgan fingerprint density at radius 2 is 2.15 bits per heavy atom. The van der Waals surface area contributed by atoms with E-state index in [0.29, 0.717) is 11.4 Å². The van der Waals surface area contributed by atoms with E-state index in [1.807, 2.05) is 0 Å². The van der Waals surface area contributed by atoms with E-state index in [9.17, 15) is 8.78 Å². The maximum absolute atomic E-state index is 12.7. The van der Waals surface area contributed by atoms with E-state index in [1.54, 1.807) is 18.3 Å². The minimum Gasteiger partial charge on any atom is -0.324 e. The van der Waals surface area contributed by atoms with Crippen LogP contribution < -0.4 is 5.73 Å². The Kier molecular flexibility index (Phi) is 3.44. The van der Waals surface area contributed by atoms with Crippen molar-refractivity contribution in [1.29, 1.82) is 0 Å². The van der Waals surface area contributed by atoms with Crippen molar-refractivity contribution < 1.29 is 8.78 Å². The molecule has 1 aliphatic rings. The van der Waals surface area contributed by atoms with E-state index in [-0.39, 0.29) is 11.6 Å². The standard InChI is InChI=1S/C15H15F2N3/c16-14(17)9-3-1-4-10(7-9)15-19-8-11-12(18)5-2-6-13(11)20-15/h1,3-4,7-8,12,14H,2,5-6,18H2. The molecule has 0 bridgehead atoms. The van der Waals surface area contributed by atoms with Crippen LogP contribution in [-0.2, 0) is 6.42 Å². The second-order valence-electron chi connectivity index (χ2n) is 5.02. The molecule has 1 aliphatic carbocycles. The lowest BCUT2D eigenvalue weighted by atomic mass is 9.93. The third kappa shape index (κ3) is 2.41. The van der Waals surface area contributed by atoms with Crippen molar-refractivity contribution >= 4 is 0 Å². The lowest BCUT2D eigenvalue weighted by Crippen LogP contribution is -2.19. The first kappa shape index (κ1) is 13.1. The molecule has 2 aromatic rings. The van der Waals surface area contributed by atoms with Crippen molar-refractivity contribution in [2.75, 3.05) is 0 Å². The number of aryl methyl sites for hydroxylation is 1. The number of alkyl halides is 2. The molecule has 1 heterocycles. The van der Waals surface area contributed by atoms with Crippen LogP contribution in [0.3, 0.4) is 0 Å². The topological polar surface area (TPSA) is 51.8 Å². The summed E-state index contributed by atoms with van der Waals surface area (Å²) < 4.78 is 25.5. The molecule has 0 radical (unpaired) electrons. The van der Waals surface area contributed by atoms with Crippen LogP contribution in [0.2, 0.25) is 0 Å². The first-order valence-electron chi connectivity index (χ1n) is 6.65. The van der Waals surface area contributed by atoms with Crippen molar-refractivity contribution in [3.8, 4) is 11.4 Å². The van der Waals surface area contributed by atoms with Gasteiger partial charge in [0.1, 0.15) is 0 Å². The third-order valence-electron chi connectivity index (χ3n) is 3.62. The lowest BCUT2D eigenvalue weighted by Gasteiger charge is -2.21. The summed E-state index contributed by atoms with van der Waals surface area (Å²) in [5, 5.41) is 0. The Hall–Kier alpha value is -1.88. The monoisotopic (exact) mass is 275 g/mol. The maximum atomic E-state index is 12.7. The quantitative estimate of drug-likeness (QED) is 0.913. The summed E-state index contributed by atoms with van der Waals surface area (Å²) in [5.74, 6) is 0.486. The Labute approximate surface area is 115 Å². The van der Waals surface area contributed by atoms with Crippen LogP contribution in [0, 0.1) is 0 Å². The van der Waals surface area contributed by atoms with Gasteiger partial charge in [-0.3, -0.25) is 0 Å². The van der Waals surface area contributed by atoms with Gasteiger partial charge in [0.2, 0.25) is 0 Å². The SMILES string of the molecule is NC1CCCc2nc(-c3cccc(C(F)F)c3)ncc21. The fourth-order valence-electron chi connectivity index (χ4n) is 2.53. The molecule has 3 nitrogen and oxygen atoms in total. The van der Waals surface area contributed by atoms with Gasteiger partial charge in [0, 0.05) is 34.6 Å². The highest BCUT2D eigenvalue weighted by Crippen LogP contribution is 2.29. The number of aromatic nitrogens is 2. The van der Waals surface area contributed by atoms with Crippen molar-refractivity contribution in [2.45, 2.75) is 31.7 Å². The second-order valence-corrected chi connectivity index (χ2v) is 5.02. The average molecular weight is 275 g/mol. The highest BCUT2D eigenvalue weighted by molar-refractivity contribution is 5.56. The molecule has 1 aromatic carbocycles. The molecule has 0 saturated carbocycles. The van der Waals surface area contributed by atoms with Gasteiger partial charge in [-0.25, -0.2) is 18.7 Å². The molecule has 1 atom stereocenters. The van der Waals surface area contributed by atoms with Crippen LogP contribution in [0.25, 0.3) is 11.4 Å². The van der Waals surface area contributed by atoms with Gasteiger partial charge in [0.25, 0.3) is 6.43 Å². The Bertz CT molecular complexity index is 628. The Morgan fingerprint density at radius 1 is 1.30 bits per heavy atom. The zero-order chi connectivity index (χ0) is 14.1. The van der Waals surface area contributed by atoms with Crippen molar-refractivity contribution in [2.24, 2.45) is 5.73 Å². The minimum absolute atomic E-state index is 0.0134. The average Bonchev–Trinajstić information content (AvgIpc) is 2.47. The summed E-state index contributed by atoms with van der Waals surface area (Å²) in [6.45, 7) is 0. The van der Waals surface area contributed by atoms with E-state index in [0.717, 1.165) is 30.5 Å². The zero-order valence-corrected chi connectivity index (χ0v) is 10.9. The van der Waals surface area contributed by atoms with E-state index in [4.69, 9.17) is 5.73 Å². The third-order valence-corrected chi connectivity index (χ3v) is 3.62. The zero-order valence-electron chi connectivity index (χ0n) is 10.9. The Morgan fingerprint density at radius 3 is 2.95 bits per heavy atom. The normalized spacial score (nSPS) is 18.1. The molecular formula is C15H15F2N3. The molecule has 0 saturated heterocycles. The number of nitrogens with two attached hydrogens (primary N) is 1. The highest BCUT2D eigenvalue weighted by atomic mass is 19.3. The smallest absolute Gasteiger partial charge is 0.263 e. The van der Waals surface area contributed by atoms with Gasteiger partial charge in [-0.05, 0) is 25.3 Å². The van der Waals surface area contributed by atoms with Crippen LogP contribution in [0.1, 0.15) is 42.1 Å². The molecule has 0 fully saturated rings. The highest BCUT2D eigenvalue weighted by Gasteiger charge is 2.19. The van der Waals surface area contributed by atoms with Gasteiger partial charge in [0.15, 0.2) is 5.82 Å². The molecule has 0 aliphatic heterocycles. The molecule has 0 amide bonds. The second kappa shape index (κ2) is 5.25. The van der Waals surface area contributed by atoms with E-state index < -0.39 is 6.43 Å². The molecule has 0 spiro atoms. The van der Waals surface area contributed by atoms with Crippen LogP contribution >= 0.6 is 0 Å². The first-order valence-corrected chi connectivity index (χ1v) is 6.65. The summed E-state index contributed by atoms with van der Waals surface area (Å²) in [6, 6.07) is 6.18. The van der Waals surface area contributed by atoms with E-state index >= 15 is 0 Å². The number of halogens is 2. The number of benzene rings is 1. The summed E-state index contributed by atoms with van der Waals surface area (Å²) >= 11 is 0. The molecule has 5 heteroatoms. The number of rotatable bonds is 2. The van der Waals surface area contributed by atoms with Crippen LogP contribution in [0.5, 0.6) is 0 Å². The first-order chi connectivity index (χ1) is 9.65. The van der Waals surface area contributed by atoms with Gasteiger partial charge < -0.3 is 5.73 Å². The van der Waals surface area contributed by atoms with Crippen molar-refractivity contribution in [3.63, 3.8) is 0 Å². The number of fused-ring (bicyclic) bond motifs is 1. The fourth-order valence-corrected chi connectivity index (χ4v) is 2.53. The summed E-state index contributed by atoms with van der Waals surface area (Å²) in [4.78, 5) is 8.78. The maximum Gasteiger partial charge on any atom is 0.263 e. The van der Waals surface area contributed by atoms with Gasteiger partial charge >= 0.3 is 0 Å². The van der Waals surface area contributed by atoms with Gasteiger partial charge in [-0.1, -0.05) is 18.2 Å². The molecule has 1 unspecified atom stereocenters. The molecule has 2 N–H and O–H groups in total. The number of hydrogen-bond donors (Lipinski definition) is 1. The molecule has 1 aromatic heterocycles. The molecule has 20 heavy (non-hydrogen) atoms. The number of nitrogens with zero attached hydrogens (tertiary/aromatic N) is 2. The van der Waals surface area contributed by atoms with Gasteiger partial charge in [0.05, 0.1) is 0 Å². The van der Waals surface area contributed by atoms with E-state index in [2.05, 4.69) is 9.97 Å². The summed E-state index contributed by atoms with van der Waals surface area (Å²) in [6.07, 6.45) is 2.06. The molecular weight excluding hydrogens is 260 g/mol. The number of hydrogen-bond acceptors (Lipinski definition) is 3. The molecule has 104 valence electrons. The lowest BCUT2D eigenvalue weighted by molar-refractivity contribution is 0.151. The van der Waals surface area contributed by atoms with E-state index in [1.165, 1.54) is 12.1 Å². The predicted octanol–water partition coefficient (Wildman–Crippen LogP) is 3.42. The van der Waals surface area contributed by atoms with Crippen LogP contribution in [0.15, 0.2) is 30.5 Å².